The molecule has 0 aromatic heterocycles. The van der Waals surface area contributed by atoms with Gasteiger partial charge in [0.05, 0.1) is 0 Å². The monoisotopic (exact) mass is 325 g/mol. The third-order valence-corrected chi connectivity index (χ3v) is 3.92. The molecule has 1 heterocycles. The number of nitrogens with zero attached hydrogens (tertiary/aromatic N) is 1. The Morgan fingerprint density at radius 1 is 1.41 bits per heavy atom. The average Bonchev–Trinajstić information content (AvgIpc) is 2.91. The van der Waals surface area contributed by atoms with Crippen LogP contribution in [0.5, 0.6) is 0 Å². The number of likely N-dealkylation sites (N-methyl/N-ethyl adjacent to an activating group) is 1. The zero-order valence-corrected chi connectivity index (χ0v) is 14.4. The predicted octanol–water partition coefficient (Wildman–Crippen LogP) is 2.04. The van der Waals surface area contributed by atoms with Gasteiger partial charge in [-0.25, -0.2) is 0 Å². The van der Waals surface area contributed by atoms with Crippen molar-refractivity contribution >= 4 is 18.3 Å². The number of hydrogen-bond acceptors (Lipinski definition) is 3. The van der Waals surface area contributed by atoms with E-state index in [4.69, 9.17) is 0 Å². The molecular formula is C17H28ClN3O. The van der Waals surface area contributed by atoms with Crippen molar-refractivity contribution in [3.05, 3.63) is 35.9 Å². The van der Waals surface area contributed by atoms with Crippen LogP contribution in [-0.2, 0) is 11.3 Å². The zero-order valence-electron chi connectivity index (χ0n) is 13.5. The summed E-state index contributed by atoms with van der Waals surface area (Å²) in [6.45, 7) is 5.88. The normalized spacial score (nSPS) is 18.8. The van der Waals surface area contributed by atoms with Gasteiger partial charge in [-0.1, -0.05) is 30.3 Å². The van der Waals surface area contributed by atoms with Crippen LogP contribution in [0.25, 0.3) is 0 Å². The first-order valence-electron chi connectivity index (χ1n) is 7.86. The molecule has 2 atom stereocenters. The molecule has 1 aromatic rings. The van der Waals surface area contributed by atoms with Crippen molar-refractivity contribution < 1.29 is 4.79 Å². The van der Waals surface area contributed by atoms with Crippen LogP contribution in [-0.4, -0.2) is 43.5 Å². The van der Waals surface area contributed by atoms with Gasteiger partial charge in [0, 0.05) is 25.6 Å². The molecule has 4 nitrogen and oxygen atoms in total. The van der Waals surface area contributed by atoms with Crippen LogP contribution in [0.2, 0.25) is 0 Å². The quantitative estimate of drug-likeness (QED) is 0.806. The molecule has 0 radical (unpaired) electrons. The van der Waals surface area contributed by atoms with Gasteiger partial charge in [-0.05, 0) is 45.0 Å². The predicted molar refractivity (Wildman–Crippen MR) is 93.2 cm³/mol. The molecule has 0 spiro atoms. The molecule has 2 N–H and O–H groups in total. The van der Waals surface area contributed by atoms with Crippen LogP contribution in [0.4, 0.5) is 0 Å². The lowest BCUT2D eigenvalue weighted by Crippen LogP contribution is -2.41. The van der Waals surface area contributed by atoms with Gasteiger partial charge in [0.1, 0.15) is 0 Å². The van der Waals surface area contributed by atoms with Gasteiger partial charge < -0.3 is 15.5 Å². The molecule has 2 unspecified atom stereocenters. The lowest BCUT2D eigenvalue weighted by molar-refractivity contribution is -0.122. The molecule has 0 bridgehead atoms. The Balaban J connectivity index is 0.00000242. The van der Waals surface area contributed by atoms with E-state index in [1.165, 1.54) is 5.56 Å². The maximum atomic E-state index is 12.0. The number of carbonyl (C=O) groups is 1. The van der Waals surface area contributed by atoms with Crippen molar-refractivity contribution in [2.45, 2.75) is 32.4 Å². The van der Waals surface area contributed by atoms with E-state index in [1.54, 1.807) is 0 Å². The SMILES string of the molecule is CC(CN(C)Cc1ccccc1)NC(=O)CC1CCNC1.Cl. The number of carbonyl (C=O) groups excluding carboxylic acids is 1. The molecule has 1 fully saturated rings. The number of amides is 1. The minimum absolute atomic E-state index is 0. The van der Waals surface area contributed by atoms with Crippen molar-refractivity contribution in [2.75, 3.05) is 26.7 Å². The summed E-state index contributed by atoms with van der Waals surface area (Å²) in [5.41, 5.74) is 1.30. The maximum absolute atomic E-state index is 12.0. The Hall–Kier alpha value is -1.10. The molecule has 0 aliphatic carbocycles. The van der Waals surface area contributed by atoms with Crippen molar-refractivity contribution in [2.24, 2.45) is 5.92 Å². The van der Waals surface area contributed by atoms with E-state index < -0.39 is 0 Å². The molecule has 0 saturated carbocycles. The lowest BCUT2D eigenvalue weighted by Gasteiger charge is -2.22. The summed E-state index contributed by atoms with van der Waals surface area (Å²) >= 11 is 0. The van der Waals surface area contributed by atoms with E-state index in [0.29, 0.717) is 12.3 Å². The van der Waals surface area contributed by atoms with Gasteiger partial charge in [0.25, 0.3) is 0 Å². The fraction of sp³-hybridized carbons (Fsp3) is 0.588. The van der Waals surface area contributed by atoms with E-state index in [9.17, 15) is 4.79 Å². The molecule has 5 heteroatoms. The van der Waals surface area contributed by atoms with Crippen molar-refractivity contribution in [3.63, 3.8) is 0 Å². The highest BCUT2D eigenvalue weighted by Crippen LogP contribution is 2.11. The molecule has 1 aromatic carbocycles. The summed E-state index contributed by atoms with van der Waals surface area (Å²) in [6.07, 6.45) is 1.77. The lowest BCUT2D eigenvalue weighted by atomic mass is 10.0. The molecule has 22 heavy (non-hydrogen) atoms. The molecular weight excluding hydrogens is 298 g/mol. The molecule has 1 aliphatic rings. The van der Waals surface area contributed by atoms with Crippen molar-refractivity contribution in [1.82, 2.24) is 15.5 Å². The van der Waals surface area contributed by atoms with E-state index in [1.807, 2.05) is 6.07 Å². The second kappa shape index (κ2) is 9.82. The Labute approximate surface area is 140 Å². The number of benzene rings is 1. The fourth-order valence-corrected chi connectivity index (χ4v) is 2.96. The highest BCUT2D eigenvalue weighted by molar-refractivity contribution is 5.85. The summed E-state index contributed by atoms with van der Waals surface area (Å²) in [5, 5.41) is 6.42. The molecule has 1 aliphatic heterocycles. The van der Waals surface area contributed by atoms with Gasteiger partial charge in [-0.15, -0.1) is 12.4 Å². The van der Waals surface area contributed by atoms with Crippen LogP contribution in [0, 0.1) is 5.92 Å². The zero-order chi connectivity index (χ0) is 15.1. The van der Waals surface area contributed by atoms with Crippen molar-refractivity contribution in [1.29, 1.82) is 0 Å². The molecule has 124 valence electrons. The topological polar surface area (TPSA) is 44.4 Å². The average molecular weight is 326 g/mol. The van der Waals surface area contributed by atoms with Crippen LogP contribution < -0.4 is 10.6 Å². The summed E-state index contributed by atoms with van der Waals surface area (Å²) in [6, 6.07) is 10.6. The molecule has 1 amide bonds. The Kier molecular flexibility index (Phi) is 8.46. The second-order valence-electron chi connectivity index (χ2n) is 6.21. The van der Waals surface area contributed by atoms with E-state index in [-0.39, 0.29) is 24.4 Å². The minimum atomic E-state index is 0. The van der Waals surface area contributed by atoms with E-state index >= 15 is 0 Å². The van der Waals surface area contributed by atoms with Crippen molar-refractivity contribution in [3.8, 4) is 0 Å². The van der Waals surface area contributed by atoms with Crippen LogP contribution >= 0.6 is 12.4 Å². The number of rotatable bonds is 7. The Morgan fingerprint density at radius 3 is 2.77 bits per heavy atom. The highest BCUT2D eigenvalue weighted by atomic mass is 35.5. The Morgan fingerprint density at radius 2 is 2.14 bits per heavy atom. The molecule has 1 saturated heterocycles. The van der Waals surface area contributed by atoms with E-state index in [2.05, 4.69) is 53.8 Å². The first kappa shape index (κ1) is 18.9. The van der Waals surface area contributed by atoms with Gasteiger partial charge in [0.15, 0.2) is 0 Å². The van der Waals surface area contributed by atoms with E-state index in [0.717, 1.165) is 32.6 Å². The first-order chi connectivity index (χ1) is 10.1. The van der Waals surface area contributed by atoms with Gasteiger partial charge in [-0.2, -0.15) is 0 Å². The van der Waals surface area contributed by atoms with Crippen LogP contribution in [0.15, 0.2) is 30.3 Å². The smallest absolute Gasteiger partial charge is 0.220 e. The van der Waals surface area contributed by atoms with Gasteiger partial charge in [0.2, 0.25) is 5.91 Å². The number of nitrogens with one attached hydrogen (secondary N) is 2. The van der Waals surface area contributed by atoms with Crippen LogP contribution in [0.1, 0.15) is 25.3 Å². The summed E-state index contributed by atoms with van der Waals surface area (Å²) in [5.74, 6) is 0.698. The first-order valence-corrected chi connectivity index (χ1v) is 7.86. The Bertz CT molecular complexity index is 435. The maximum Gasteiger partial charge on any atom is 0.220 e. The van der Waals surface area contributed by atoms with Gasteiger partial charge >= 0.3 is 0 Å². The summed E-state index contributed by atoms with van der Waals surface area (Å²) < 4.78 is 0. The third-order valence-electron chi connectivity index (χ3n) is 3.92. The largest absolute Gasteiger partial charge is 0.352 e. The molecule has 2 rings (SSSR count). The second-order valence-corrected chi connectivity index (χ2v) is 6.21. The number of halogens is 1. The fourth-order valence-electron chi connectivity index (χ4n) is 2.96. The third kappa shape index (κ3) is 6.77. The van der Waals surface area contributed by atoms with Crippen LogP contribution in [0.3, 0.4) is 0 Å². The minimum Gasteiger partial charge on any atom is -0.352 e. The summed E-state index contributed by atoms with van der Waals surface area (Å²) in [7, 11) is 2.09. The number of hydrogen-bond donors (Lipinski definition) is 2. The standard InChI is InChI=1S/C17H27N3O.ClH/c1-14(19-17(21)10-16-8-9-18-11-16)12-20(2)13-15-6-4-3-5-7-15;/h3-7,14,16,18H,8-13H2,1-2H3,(H,19,21);1H. The highest BCUT2D eigenvalue weighted by Gasteiger charge is 2.19. The summed E-state index contributed by atoms with van der Waals surface area (Å²) in [4.78, 5) is 14.2. The van der Waals surface area contributed by atoms with Gasteiger partial charge in [-0.3, -0.25) is 4.79 Å².